The highest BCUT2D eigenvalue weighted by molar-refractivity contribution is 5.80. The van der Waals surface area contributed by atoms with Gasteiger partial charge in [0.15, 0.2) is 0 Å². The molecule has 0 atom stereocenters. The van der Waals surface area contributed by atoms with Crippen molar-refractivity contribution in [3.63, 3.8) is 0 Å². The molecule has 0 bridgehead atoms. The number of likely N-dealkylation sites (tertiary alicyclic amines) is 1. The van der Waals surface area contributed by atoms with Gasteiger partial charge in [0, 0.05) is 45.2 Å². The summed E-state index contributed by atoms with van der Waals surface area (Å²) < 4.78 is 0. The Balaban J connectivity index is 1.55. The number of hydrogen-bond acceptors (Lipinski definition) is 2. The van der Waals surface area contributed by atoms with E-state index in [0.717, 1.165) is 45.4 Å². The summed E-state index contributed by atoms with van der Waals surface area (Å²) in [6.45, 7) is 8.41. The molecule has 25 heavy (non-hydrogen) atoms. The summed E-state index contributed by atoms with van der Waals surface area (Å²) in [7, 11) is 0. The number of carbonyl (C=O) groups is 2. The highest BCUT2D eigenvalue weighted by Gasteiger charge is 2.32. The molecule has 5 heteroatoms. The standard InChI is InChI=1S/C20H29N3O2/c1-3-21(4-2)20(25)22-12-10-17(11-13-22)19(24)23-14-9-16-7-5-6-8-18(16)15-23/h5-8,17H,3-4,9-15H2,1-2H3. The number of urea groups is 1. The fourth-order valence-electron chi connectivity index (χ4n) is 3.95. The lowest BCUT2D eigenvalue weighted by Gasteiger charge is -2.37. The molecule has 0 aromatic heterocycles. The molecule has 1 saturated heterocycles. The average molecular weight is 343 g/mol. The number of hydrogen-bond donors (Lipinski definition) is 0. The number of fused-ring (bicyclic) bond motifs is 1. The molecule has 0 aliphatic carbocycles. The van der Waals surface area contributed by atoms with E-state index in [1.165, 1.54) is 11.1 Å². The Morgan fingerprint density at radius 2 is 1.64 bits per heavy atom. The molecule has 2 aliphatic heterocycles. The maximum atomic E-state index is 12.9. The van der Waals surface area contributed by atoms with Gasteiger partial charge in [0.25, 0.3) is 0 Å². The van der Waals surface area contributed by atoms with E-state index in [1.54, 1.807) is 0 Å². The predicted octanol–water partition coefficient (Wildman–Crippen LogP) is 2.75. The van der Waals surface area contributed by atoms with Crippen molar-refractivity contribution >= 4 is 11.9 Å². The minimum Gasteiger partial charge on any atom is -0.338 e. The van der Waals surface area contributed by atoms with Gasteiger partial charge in [0.2, 0.25) is 5.91 Å². The Morgan fingerprint density at radius 1 is 1.00 bits per heavy atom. The number of rotatable bonds is 3. The van der Waals surface area contributed by atoms with Gasteiger partial charge in [0.05, 0.1) is 0 Å². The first-order valence-electron chi connectivity index (χ1n) is 9.53. The molecule has 2 heterocycles. The van der Waals surface area contributed by atoms with E-state index in [0.29, 0.717) is 13.1 Å². The van der Waals surface area contributed by atoms with Crippen molar-refractivity contribution in [2.24, 2.45) is 5.92 Å². The quantitative estimate of drug-likeness (QED) is 0.847. The lowest BCUT2D eigenvalue weighted by atomic mass is 9.93. The molecule has 1 aromatic carbocycles. The smallest absolute Gasteiger partial charge is 0.319 e. The molecule has 1 aromatic rings. The highest BCUT2D eigenvalue weighted by atomic mass is 16.2. The number of amides is 3. The predicted molar refractivity (Wildman–Crippen MR) is 98.2 cm³/mol. The number of carbonyl (C=O) groups excluding carboxylic acids is 2. The van der Waals surface area contributed by atoms with Gasteiger partial charge >= 0.3 is 6.03 Å². The molecule has 0 spiro atoms. The van der Waals surface area contributed by atoms with Crippen LogP contribution in [0.25, 0.3) is 0 Å². The first-order chi connectivity index (χ1) is 12.1. The van der Waals surface area contributed by atoms with E-state index in [9.17, 15) is 9.59 Å². The summed E-state index contributed by atoms with van der Waals surface area (Å²) in [5.41, 5.74) is 2.64. The fourth-order valence-corrected chi connectivity index (χ4v) is 3.95. The molecule has 0 N–H and O–H groups in total. The molecule has 0 radical (unpaired) electrons. The fraction of sp³-hybridized carbons (Fsp3) is 0.600. The van der Waals surface area contributed by atoms with Crippen LogP contribution in [-0.2, 0) is 17.8 Å². The maximum Gasteiger partial charge on any atom is 0.319 e. The second-order valence-corrected chi connectivity index (χ2v) is 6.99. The lowest BCUT2D eigenvalue weighted by Crippen LogP contribution is -2.49. The lowest BCUT2D eigenvalue weighted by molar-refractivity contribution is -0.137. The van der Waals surface area contributed by atoms with Gasteiger partial charge in [-0.2, -0.15) is 0 Å². The van der Waals surface area contributed by atoms with Gasteiger partial charge < -0.3 is 14.7 Å². The molecule has 1 fully saturated rings. The van der Waals surface area contributed by atoms with E-state index < -0.39 is 0 Å². The molecule has 3 amide bonds. The third kappa shape index (κ3) is 3.80. The van der Waals surface area contributed by atoms with Crippen molar-refractivity contribution in [2.45, 2.75) is 39.7 Å². The Labute approximate surface area is 150 Å². The molecular formula is C20H29N3O2. The Kier molecular flexibility index (Phi) is 5.61. The zero-order valence-electron chi connectivity index (χ0n) is 15.4. The van der Waals surface area contributed by atoms with Crippen LogP contribution in [0.3, 0.4) is 0 Å². The number of piperidine rings is 1. The second kappa shape index (κ2) is 7.89. The van der Waals surface area contributed by atoms with Gasteiger partial charge in [0.1, 0.15) is 0 Å². The first-order valence-corrected chi connectivity index (χ1v) is 9.53. The van der Waals surface area contributed by atoms with Crippen molar-refractivity contribution in [3.8, 4) is 0 Å². The van der Waals surface area contributed by atoms with Gasteiger partial charge in [-0.1, -0.05) is 24.3 Å². The molecule has 3 rings (SSSR count). The monoisotopic (exact) mass is 343 g/mol. The Morgan fingerprint density at radius 3 is 2.28 bits per heavy atom. The van der Waals surface area contributed by atoms with Gasteiger partial charge in [-0.25, -0.2) is 4.79 Å². The summed E-state index contributed by atoms with van der Waals surface area (Å²) in [4.78, 5) is 31.1. The third-order valence-electron chi connectivity index (χ3n) is 5.59. The van der Waals surface area contributed by atoms with Crippen LogP contribution in [0.4, 0.5) is 4.79 Å². The van der Waals surface area contributed by atoms with Crippen molar-refractivity contribution in [1.82, 2.24) is 14.7 Å². The summed E-state index contributed by atoms with van der Waals surface area (Å²) in [5.74, 6) is 0.329. The van der Waals surface area contributed by atoms with E-state index in [4.69, 9.17) is 0 Å². The van der Waals surface area contributed by atoms with Crippen LogP contribution in [0.2, 0.25) is 0 Å². The van der Waals surface area contributed by atoms with Crippen LogP contribution in [-0.4, -0.2) is 59.4 Å². The normalized spacial score (nSPS) is 18.0. The van der Waals surface area contributed by atoms with Crippen LogP contribution in [0.5, 0.6) is 0 Å². The van der Waals surface area contributed by atoms with Gasteiger partial charge in [-0.05, 0) is 44.2 Å². The van der Waals surface area contributed by atoms with Crippen LogP contribution in [0.1, 0.15) is 37.8 Å². The highest BCUT2D eigenvalue weighted by Crippen LogP contribution is 2.25. The van der Waals surface area contributed by atoms with E-state index in [-0.39, 0.29) is 17.9 Å². The molecule has 0 saturated carbocycles. The van der Waals surface area contributed by atoms with Gasteiger partial charge in [-0.15, -0.1) is 0 Å². The minimum atomic E-state index is 0.0611. The van der Waals surface area contributed by atoms with Crippen LogP contribution in [0, 0.1) is 5.92 Å². The third-order valence-corrected chi connectivity index (χ3v) is 5.59. The van der Waals surface area contributed by atoms with Crippen LogP contribution < -0.4 is 0 Å². The first kappa shape index (κ1) is 17.8. The number of nitrogens with zero attached hydrogens (tertiary/aromatic N) is 3. The largest absolute Gasteiger partial charge is 0.338 e. The molecule has 2 aliphatic rings. The van der Waals surface area contributed by atoms with Crippen molar-refractivity contribution < 1.29 is 9.59 Å². The SMILES string of the molecule is CCN(CC)C(=O)N1CCC(C(=O)N2CCc3ccccc3C2)CC1. The Hall–Kier alpha value is -2.04. The molecule has 5 nitrogen and oxygen atoms in total. The topological polar surface area (TPSA) is 43.9 Å². The van der Waals surface area contributed by atoms with Crippen LogP contribution in [0.15, 0.2) is 24.3 Å². The number of benzene rings is 1. The van der Waals surface area contributed by atoms with Crippen molar-refractivity contribution in [1.29, 1.82) is 0 Å². The van der Waals surface area contributed by atoms with Crippen LogP contribution >= 0.6 is 0 Å². The summed E-state index contributed by atoms with van der Waals surface area (Å²) in [5, 5.41) is 0. The maximum absolute atomic E-state index is 12.9. The summed E-state index contributed by atoms with van der Waals surface area (Å²) in [6.07, 6.45) is 2.51. The molecule has 136 valence electrons. The second-order valence-electron chi connectivity index (χ2n) is 6.99. The van der Waals surface area contributed by atoms with Gasteiger partial charge in [-0.3, -0.25) is 4.79 Å². The molecular weight excluding hydrogens is 314 g/mol. The van der Waals surface area contributed by atoms with E-state index in [2.05, 4.69) is 18.2 Å². The zero-order chi connectivity index (χ0) is 17.8. The van der Waals surface area contributed by atoms with E-state index in [1.807, 2.05) is 34.6 Å². The van der Waals surface area contributed by atoms with Crippen molar-refractivity contribution in [2.75, 3.05) is 32.7 Å². The summed E-state index contributed by atoms with van der Waals surface area (Å²) in [6, 6.07) is 8.51. The van der Waals surface area contributed by atoms with Crippen molar-refractivity contribution in [3.05, 3.63) is 35.4 Å². The zero-order valence-corrected chi connectivity index (χ0v) is 15.4. The summed E-state index contributed by atoms with van der Waals surface area (Å²) >= 11 is 0. The minimum absolute atomic E-state index is 0.0611. The molecule has 0 unspecified atom stereocenters. The van der Waals surface area contributed by atoms with E-state index >= 15 is 0 Å². The average Bonchev–Trinajstić information content (AvgIpc) is 2.68. The Bertz CT molecular complexity index is 619.